The average Bonchev–Trinajstić information content (AvgIpc) is 3.11. The van der Waals surface area contributed by atoms with Gasteiger partial charge in [-0.3, -0.25) is 29.5 Å². The average molecular weight is 515 g/mol. The number of nitrogens with zero attached hydrogens (tertiary/aromatic N) is 2. The Labute approximate surface area is 215 Å². The molecule has 4 aliphatic heterocycles. The van der Waals surface area contributed by atoms with Gasteiger partial charge in [-0.15, -0.1) is 0 Å². The molecule has 37 heavy (non-hydrogen) atoms. The number of amides is 3. The highest BCUT2D eigenvalue weighted by Gasteiger charge is 2.45. The Bertz CT molecular complexity index is 1070. The molecule has 0 radical (unpaired) electrons. The smallest absolute Gasteiger partial charge is 0.257 e. The van der Waals surface area contributed by atoms with E-state index in [1.165, 1.54) is 0 Å². The monoisotopic (exact) mass is 514 g/mol. The first-order valence-corrected chi connectivity index (χ1v) is 13.6. The zero-order valence-electron chi connectivity index (χ0n) is 20.9. The largest absolute Gasteiger partial charge is 0.375 e. The third-order valence-corrected chi connectivity index (χ3v) is 8.89. The Morgan fingerprint density at radius 1 is 1.03 bits per heavy atom. The highest BCUT2D eigenvalue weighted by Crippen LogP contribution is 2.40. The van der Waals surface area contributed by atoms with Crippen molar-refractivity contribution < 1.29 is 28.6 Å². The lowest BCUT2D eigenvalue weighted by atomic mass is 9.82. The summed E-state index contributed by atoms with van der Waals surface area (Å²) >= 11 is 0. The van der Waals surface area contributed by atoms with Gasteiger partial charge in [-0.2, -0.15) is 0 Å². The number of halogens is 1. The Balaban J connectivity index is 1.07. The number of nitrogens with one attached hydrogen (secondary N) is 2. The fourth-order valence-electron chi connectivity index (χ4n) is 6.66. The molecule has 4 unspecified atom stereocenters. The summed E-state index contributed by atoms with van der Waals surface area (Å²) in [6.45, 7) is 3.19. The van der Waals surface area contributed by atoms with Gasteiger partial charge in [0.2, 0.25) is 11.8 Å². The molecule has 0 bridgehead atoms. The van der Waals surface area contributed by atoms with Crippen molar-refractivity contribution >= 4 is 17.7 Å². The third kappa shape index (κ3) is 4.69. The molecule has 3 N–H and O–H groups in total. The first-order valence-electron chi connectivity index (χ1n) is 13.6. The molecule has 4 fully saturated rings. The van der Waals surface area contributed by atoms with E-state index in [-0.39, 0.29) is 30.8 Å². The normalized spacial score (nSPS) is 35.3. The molecule has 1 aromatic rings. The SMILES string of the molecule is O=C1CCC(N2C(=O)c3cc(C4CCN(C5CC(OC6CCNCC6)C5)CC4F)ccc3C2O)C(=O)N1. The number of hydrogen-bond donors (Lipinski definition) is 3. The maximum Gasteiger partial charge on any atom is 0.257 e. The van der Waals surface area contributed by atoms with Gasteiger partial charge < -0.3 is 15.2 Å². The van der Waals surface area contributed by atoms with E-state index in [0.717, 1.165) is 55.8 Å². The number of hydrogen-bond acceptors (Lipinski definition) is 7. The minimum Gasteiger partial charge on any atom is -0.375 e. The van der Waals surface area contributed by atoms with Gasteiger partial charge in [0, 0.05) is 36.1 Å². The van der Waals surface area contributed by atoms with Crippen LogP contribution in [0.5, 0.6) is 0 Å². The molecule has 0 aromatic heterocycles. The molecule has 4 atom stereocenters. The zero-order valence-corrected chi connectivity index (χ0v) is 20.9. The van der Waals surface area contributed by atoms with Gasteiger partial charge in [-0.05, 0) is 69.8 Å². The standard InChI is InChI=1S/C27H35FN4O5/c28-22-14-31(16-12-18(13-16)37-17-5-8-29-9-6-17)10-7-19(22)15-1-2-20-21(11-15)27(36)32(26(20)35)23-3-4-24(33)30-25(23)34/h1-2,11,16-19,22-23,26,29,35H,3-10,12-14H2,(H,30,33,34). The molecule has 3 saturated heterocycles. The van der Waals surface area contributed by atoms with Gasteiger partial charge in [-0.1, -0.05) is 12.1 Å². The van der Waals surface area contributed by atoms with Crippen LogP contribution in [0, 0.1) is 0 Å². The van der Waals surface area contributed by atoms with Gasteiger partial charge >= 0.3 is 0 Å². The summed E-state index contributed by atoms with van der Waals surface area (Å²) < 4.78 is 21.7. The molecule has 1 aliphatic carbocycles. The number of carbonyl (C=O) groups is 3. The second kappa shape index (κ2) is 10.1. The number of imide groups is 1. The summed E-state index contributed by atoms with van der Waals surface area (Å²) in [4.78, 5) is 40.4. The lowest BCUT2D eigenvalue weighted by Gasteiger charge is -2.47. The van der Waals surface area contributed by atoms with E-state index in [0.29, 0.717) is 36.2 Å². The number of aliphatic hydroxyl groups excluding tert-OH is 1. The predicted molar refractivity (Wildman–Crippen MR) is 131 cm³/mol. The summed E-state index contributed by atoms with van der Waals surface area (Å²) in [6.07, 6.45) is 3.30. The van der Waals surface area contributed by atoms with Crippen LogP contribution in [0.2, 0.25) is 0 Å². The summed E-state index contributed by atoms with van der Waals surface area (Å²) in [5.74, 6) is -1.74. The van der Waals surface area contributed by atoms with Crippen LogP contribution >= 0.6 is 0 Å². The van der Waals surface area contributed by atoms with Crippen molar-refractivity contribution in [3.63, 3.8) is 0 Å². The first kappa shape index (κ1) is 24.9. The quantitative estimate of drug-likeness (QED) is 0.509. The molecule has 1 aromatic carbocycles. The minimum atomic E-state index is -1.26. The van der Waals surface area contributed by atoms with E-state index < -0.39 is 30.3 Å². The highest BCUT2D eigenvalue weighted by molar-refractivity contribution is 6.05. The van der Waals surface area contributed by atoms with Gasteiger partial charge in [0.15, 0.2) is 6.23 Å². The number of likely N-dealkylation sites (tertiary alicyclic amines) is 1. The number of carbonyl (C=O) groups excluding carboxylic acids is 3. The van der Waals surface area contributed by atoms with Crippen LogP contribution in [0.1, 0.15) is 78.6 Å². The molecule has 9 nitrogen and oxygen atoms in total. The van der Waals surface area contributed by atoms with Crippen molar-refractivity contribution in [1.82, 2.24) is 20.4 Å². The Morgan fingerprint density at radius 3 is 2.54 bits per heavy atom. The number of benzene rings is 1. The molecule has 1 saturated carbocycles. The number of alkyl halides is 1. The third-order valence-electron chi connectivity index (χ3n) is 8.89. The maximum atomic E-state index is 15.4. The highest BCUT2D eigenvalue weighted by atomic mass is 19.1. The van der Waals surface area contributed by atoms with Crippen LogP contribution in [0.15, 0.2) is 18.2 Å². The second-order valence-electron chi connectivity index (χ2n) is 11.1. The van der Waals surface area contributed by atoms with Crippen LogP contribution in [0.25, 0.3) is 0 Å². The van der Waals surface area contributed by atoms with Crippen molar-refractivity contribution in [3.8, 4) is 0 Å². The topological polar surface area (TPSA) is 111 Å². The van der Waals surface area contributed by atoms with Crippen LogP contribution < -0.4 is 10.6 Å². The maximum absolute atomic E-state index is 15.4. The molecule has 10 heteroatoms. The van der Waals surface area contributed by atoms with E-state index in [9.17, 15) is 19.5 Å². The Kier molecular flexibility index (Phi) is 6.77. The Hall–Kier alpha value is -2.40. The van der Waals surface area contributed by atoms with E-state index in [1.54, 1.807) is 18.2 Å². The predicted octanol–water partition coefficient (Wildman–Crippen LogP) is 1.37. The van der Waals surface area contributed by atoms with Crippen molar-refractivity contribution in [2.24, 2.45) is 0 Å². The van der Waals surface area contributed by atoms with Gasteiger partial charge in [0.25, 0.3) is 5.91 Å². The fraction of sp³-hybridized carbons (Fsp3) is 0.667. The molecule has 0 spiro atoms. The molecule has 6 rings (SSSR count). The number of fused-ring (bicyclic) bond motifs is 1. The molecular weight excluding hydrogens is 479 g/mol. The number of aliphatic hydroxyl groups is 1. The summed E-state index contributed by atoms with van der Waals surface area (Å²) in [7, 11) is 0. The number of rotatable bonds is 5. The van der Waals surface area contributed by atoms with Crippen LogP contribution in [0.3, 0.4) is 0 Å². The van der Waals surface area contributed by atoms with Crippen molar-refractivity contribution in [2.45, 2.75) is 87.6 Å². The minimum absolute atomic E-state index is 0.114. The molecule has 200 valence electrons. The summed E-state index contributed by atoms with van der Waals surface area (Å²) in [5.41, 5.74) is 1.47. The molecule has 3 amide bonds. The van der Waals surface area contributed by atoms with E-state index in [1.807, 2.05) is 0 Å². The molecule has 4 heterocycles. The van der Waals surface area contributed by atoms with Crippen LogP contribution in [-0.2, 0) is 14.3 Å². The number of piperidine rings is 3. The van der Waals surface area contributed by atoms with E-state index in [4.69, 9.17) is 4.74 Å². The van der Waals surface area contributed by atoms with Crippen molar-refractivity contribution in [2.75, 3.05) is 26.2 Å². The lowest BCUT2D eigenvalue weighted by Crippen LogP contribution is -2.54. The van der Waals surface area contributed by atoms with Crippen molar-refractivity contribution in [3.05, 3.63) is 34.9 Å². The number of ether oxygens (including phenoxy) is 1. The summed E-state index contributed by atoms with van der Waals surface area (Å²) in [5, 5.41) is 16.4. The van der Waals surface area contributed by atoms with Crippen LogP contribution in [0.4, 0.5) is 4.39 Å². The van der Waals surface area contributed by atoms with E-state index in [2.05, 4.69) is 15.5 Å². The first-order chi connectivity index (χ1) is 17.9. The van der Waals surface area contributed by atoms with Gasteiger partial charge in [0.05, 0.1) is 12.2 Å². The summed E-state index contributed by atoms with van der Waals surface area (Å²) in [6, 6.07) is 4.62. The Morgan fingerprint density at radius 2 is 1.81 bits per heavy atom. The van der Waals surface area contributed by atoms with E-state index >= 15 is 4.39 Å². The zero-order chi connectivity index (χ0) is 25.7. The van der Waals surface area contributed by atoms with Gasteiger partial charge in [-0.25, -0.2) is 4.39 Å². The molecule has 5 aliphatic rings. The second-order valence-corrected chi connectivity index (χ2v) is 11.1. The van der Waals surface area contributed by atoms with Crippen LogP contribution in [-0.4, -0.2) is 89.3 Å². The fourth-order valence-corrected chi connectivity index (χ4v) is 6.66. The van der Waals surface area contributed by atoms with Crippen molar-refractivity contribution in [1.29, 1.82) is 0 Å². The molecular formula is C27H35FN4O5. The lowest BCUT2D eigenvalue weighted by molar-refractivity contribution is -0.139. The van der Waals surface area contributed by atoms with Gasteiger partial charge in [0.1, 0.15) is 12.2 Å².